The summed E-state index contributed by atoms with van der Waals surface area (Å²) in [5, 5.41) is 0. The molecule has 244 valence electrons. The van der Waals surface area contributed by atoms with Crippen LogP contribution in [0.25, 0.3) is 0 Å². The minimum absolute atomic E-state index is 0.00587. The summed E-state index contributed by atoms with van der Waals surface area (Å²) in [6.45, 7) is 55.7. The zero-order chi connectivity index (χ0) is 34.3. The van der Waals surface area contributed by atoms with Crippen molar-refractivity contribution in [3.63, 3.8) is 0 Å². The first kappa shape index (κ1) is 37.6. The molecule has 43 heavy (non-hydrogen) atoms. The summed E-state index contributed by atoms with van der Waals surface area (Å²) in [5.41, 5.74) is 13.5. The molecule has 2 aromatic carbocycles. The van der Waals surface area contributed by atoms with E-state index in [1.165, 1.54) is 38.9 Å². The molecule has 0 bridgehead atoms. The van der Waals surface area contributed by atoms with Gasteiger partial charge < -0.3 is 0 Å². The van der Waals surface area contributed by atoms with E-state index in [2.05, 4.69) is 177 Å². The van der Waals surface area contributed by atoms with E-state index in [1.807, 2.05) is 0 Å². The third kappa shape index (κ3) is 7.64. The first-order valence-corrected chi connectivity index (χ1v) is 17.0. The van der Waals surface area contributed by atoms with E-state index in [0.29, 0.717) is 0 Å². The lowest BCUT2D eigenvalue weighted by Gasteiger charge is -2.45. The molecule has 0 saturated heterocycles. The molecule has 2 aromatic rings. The zero-order valence-corrected chi connectivity index (χ0v) is 33.2. The summed E-state index contributed by atoms with van der Waals surface area (Å²) >= 11 is 0. The van der Waals surface area contributed by atoms with Gasteiger partial charge in [-0.1, -0.05) is 177 Å². The molecule has 0 atom stereocenters. The maximum atomic E-state index is 2.62. The van der Waals surface area contributed by atoms with Crippen molar-refractivity contribution in [3.05, 3.63) is 68.3 Å². The van der Waals surface area contributed by atoms with Crippen LogP contribution in [0.4, 0.5) is 0 Å². The highest BCUT2D eigenvalue weighted by atomic mass is 14.5. The van der Waals surface area contributed by atoms with Gasteiger partial charge in [-0.3, -0.25) is 0 Å². The quantitative estimate of drug-likeness (QED) is 0.327. The van der Waals surface area contributed by atoms with E-state index in [9.17, 15) is 0 Å². The van der Waals surface area contributed by atoms with Crippen molar-refractivity contribution in [1.82, 2.24) is 0 Å². The van der Waals surface area contributed by atoms with Crippen molar-refractivity contribution in [2.75, 3.05) is 0 Å². The highest BCUT2D eigenvalue weighted by Gasteiger charge is 2.43. The summed E-state index contributed by atoms with van der Waals surface area (Å²) in [4.78, 5) is 0. The Balaban J connectivity index is 3.45. The fourth-order valence-corrected chi connectivity index (χ4v) is 7.18. The molecule has 0 N–H and O–H groups in total. The summed E-state index contributed by atoms with van der Waals surface area (Å²) in [6.07, 6.45) is 0. The second-order valence-corrected chi connectivity index (χ2v) is 21.4. The van der Waals surface area contributed by atoms with Gasteiger partial charge in [0.1, 0.15) is 0 Å². The van der Waals surface area contributed by atoms with Crippen LogP contribution in [0.15, 0.2) is 18.2 Å². The van der Waals surface area contributed by atoms with Gasteiger partial charge in [0, 0.05) is 5.41 Å². The van der Waals surface area contributed by atoms with E-state index in [1.54, 1.807) is 11.1 Å². The molecule has 0 fully saturated rings. The monoisotopic (exact) mass is 589 g/mol. The summed E-state index contributed by atoms with van der Waals surface area (Å²) in [7, 11) is 0. The fourth-order valence-electron chi connectivity index (χ4n) is 7.18. The van der Waals surface area contributed by atoms with Crippen LogP contribution in [0.5, 0.6) is 0 Å². The highest BCUT2D eigenvalue weighted by Crippen LogP contribution is 2.52. The summed E-state index contributed by atoms with van der Waals surface area (Å²) in [6, 6.07) is 7.82. The predicted molar refractivity (Wildman–Crippen MR) is 196 cm³/mol. The average molecular weight is 589 g/mol. The van der Waals surface area contributed by atoms with Crippen LogP contribution in [-0.4, -0.2) is 0 Å². The molecular weight excluding hydrogens is 516 g/mol. The molecule has 0 unspecified atom stereocenters. The highest BCUT2D eigenvalue weighted by molar-refractivity contribution is 5.62. The Morgan fingerprint density at radius 2 is 0.512 bits per heavy atom. The van der Waals surface area contributed by atoms with Crippen molar-refractivity contribution in [3.8, 4) is 0 Å². The van der Waals surface area contributed by atoms with Crippen LogP contribution in [-0.2, 0) is 43.3 Å². The molecule has 0 heteroatoms. The van der Waals surface area contributed by atoms with Crippen LogP contribution < -0.4 is 0 Å². The van der Waals surface area contributed by atoms with Crippen LogP contribution in [0.2, 0.25) is 0 Å². The Morgan fingerprint density at radius 1 is 0.256 bits per heavy atom. The molecule has 0 amide bonds. The first-order valence-electron chi connectivity index (χ1n) is 17.0. The molecule has 0 aliphatic rings. The zero-order valence-electron chi connectivity index (χ0n) is 33.2. The van der Waals surface area contributed by atoms with Gasteiger partial charge in [0.15, 0.2) is 0 Å². The van der Waals surface area contributed by atoms with E-state index in [0.717, 1.165) is 0 Å². The van der Waals surface area contributed by atoms with Crippen molar-refractivity contribution in [1.29, 1.82) is 0 Å². The lowest BCUT2D eigenvalue weighted by atomic mass is 9.58. The Bertz CT molecular complexity index is 1290. The van der Waals surface area contributed by atoms with Crippen molar-refractivity contribution in [2.24, 2.45) is 0 Å². The van der Waals surface area contributed by atoms with E-state index in [-0.39, 0.29) is 43.3 Å². The Morgan fingerprint density at radius 3 is 0.767 bits per heavy atom. The van der Waals surface area contributed by atoms with Crippen LogP contribution in [0.3, 0.4) is 0 Å². The SMILES string of the molecule is CC(C)(C)c1cc(C(C)(C)c2c(C(C)(C)C)cc(C(C)(C)C)c(C(C)(C)C)c2C(C)(C)C)cc(C(C)(C)C)c1C(C)(C)C. The molecule has 0 spiro atoms. The molecule has 0 radical (unpaired) electrons. The maximum Gasteiger partial charge on any atom is 0.0152 e. The number of hydrogen-bond donors (Lipinski definition) is 0. The standard InChI is InChI=1S/C43H72/c1-36(2,3)28-24-27(25-29(37(4,5)6)32(28)40(13,14)15)43(22,23)34-31(39(10,11)12)26-30(38(7,8)9)33(41(16,17)18)35(34)42(19,20)21/h24-26H,1-23H3. The van der Waals surface area contributed by atoms with Gasteiger partial charge in [-0.05, 0) is 88.0 Å². The second kappa shape index (κ2) is 10.8. The molecule has 0 nitrogen and oxygen atoms in total. The third-order valence-corrected chi connectivity index (χ3v) is 9.29. The first-order chi connectivity index (χ1) is 18.5. The number of hydrogen-bond acceptors (Lipinski definition) is 0. The summed E-state index contributed by atoms with van der Waals surface area (Å²) < 4.78 is 0. The van der Waals surface area contributed by atoms with E-state index >= 15 is 0 Å². The van der Waals surface area contributed by atoms with Gasteiger partial charge in [-0.2, -0.15) is 0 Å². The lowest BCUT2D eigenvalue weighted by Crippen LogP contribution is -2.37. The molecule has 0 aliphatic heterocycles. The van der Waals surface area contributed by atoms with E-state index in [4.69, 9.17) is 0 Å². The van der Waals surface area contributed by atoms with Crippen LogP contribution >= 0.6 is 0 Å². The normalized spacial score (nSPS) is 14.9. The van der Waals surface area contributed by atoms with Crippen LogP contribution in [0.1, 0.15) is 209 Å². The van der Waals surface area contributed by atoms with Crippen molar-refractivity contribution < 1.29 is 0 Å². The van der Waals surface area contributed by atoms with Gasteiger partial charge in [0.05, 0.1) is 0 Å². The third-order valence-electron chi connectivity index (χ3n) is 9.29. The van der Waals surface area contributed by atoms with Gasteiger partial charge in [-0.25, -0.2) is 0 Å². The summed E-state index contributed by atoms with van der Waals surface area (Å²) in [5.74, 6) is 0. The van der Waals surface area contributed by atoms with Gasteiger partial charge in [0.2, 0.25) is 0 Å². The average Bonchev–Trinajstić information content (AvgIpc) is 2.72. The lowest BCUT2D eigenvalue weighted by molar-refractivity contribution is 0.465. The number of benzene rings is 2. The minimum atomic E-state index is -0.210. The second-order valence-electron chi connectivity index (χ2n) is 21.4. The van der Waals surface area contributed by atoms with E-state index < -0.39 is 0 Å². The Kier molecular flexibility index (Phi) is 9.42. The van der Waals surface area contributed by atoms with Crippen LogP contribution in [0, 0.1) is 0 Å². The minimum Gasteiger partial charge on any atom is -0.0561 e. The fraction of sp³-hybridized carbons (Fsp3) is 0.721. The van der Waals surface area contributed by atoms with Gasteiger partial charge in [-0.15, -0.1) is 0 Å². The number of rotatable bonds is 2. The smallest absolute Gasteiger partial charge is 0.0152 e. The van der Waals surface area contributed by atoms with Gasteiger partial charge >= 0.3 is 0 Å². The molecule has 0 saturated carbocycles. The maximum absolute atomic E-state index is 2.62. The van der Waals surface area contributed by atoms with Crippen molar-refractivity contribution >= 4 is 0 Å². The molecule has 0 aromatic heterocycles. The Labute approximate surface area is 270 Å². The largest absolute Gasteiger partial charge is 0.0561 e. The molecule has 0 aliphatic carbocycles. The predicted octanol–water partition coefficient (Wildman–Crippen LogP) is 13.1. The molecule has 0 heterocycles. The topological polar surface area (TPSA) is 0 Å². The Hall–Kier alpha value is -1.56. The molecule has 2 rings (SSSR count). The van der Waals surface area contributed by atoms with Crippen molar-refractivity contribution in [2.45, 2.75) is 203 Å². The molecular formula is C43H72. The van der Waals surface area contributed by atoms with Gasteiger partial charge in [0.25, 0.3) is 0 Å².